The van der Waals surface area contributed by atoms with Gasteiger partial charge in [-0.05, 0) is 44.5 Å². The SMILES string of the molecule is CN1CCCC(CNS(=O)(=O)c2ccc3c(c2)oc(=O)n3C)C1. The van der Waals surface area contributed by atoms with Crippen molar-refractivity contribution in [2.75, 3.05) is 26.7 Å². The van der Waals surface area contributed by atoms with E-state index < -0.39 is 15.8 Å². The van der Waals surface area contributed by atoms with Crippen LogP contribution in [0.25, 0.3) is 11.1 Å². The van der Waals surface area contributed by atoms with E-state index in [1.807, 2.05) is 7.05 Å². The quantitative estimate of drug-likeness (QED) is 0.889. The largest absolute Gasteiger partial charge is 0.419 e. The van der Waals surface area contributed by atoms with Crippen LogP contribution in [0.5, 0.6) is 0 Å². The van der Waals surface area contributed by atoms with Crippen molar-refractivity contribution in [2.45, 2.75) is 17.7 Å². The van der Waals surface area contributed by atoms with Crippen LogP contribution >= 0.6 is 0 Å². The van der Waals surface area contributed by atoms with E-state index in [-0.39, 0.29) is 10.5 Å². The Kier molecular flexibility index (Phi) is 4.31. The van der Waals surface area contributed by atoms with Gasteiger partial charge in [0.25, 0.3) is 0 Å². The van der Waals surface area contributed by atoms with Crippen LogP contribution < -0.4 is 10.5 Å². The summed E-state index contributed by atoms with van der Waals surface area (Å²) >= 11 is 0. The molecular formula is C15H21N3O4S. The third kappa shape index (κ3) is 3.34. The summed E-state index contributed by atoms with van der Waals surface area (Å²) in [7, 11) is 0.0191. The van der Waals surface area contributed by atoms with Gasteiger partial charge >= 0.3 is 5.76 Å². The van der Waals surface area contributed by atoms with Gasteiger partial charge in [-0.2, -0.15) is 0 Å². The lowest BCUT2D eigenvalue weighted by Crippen LogP contribution is -2.39. The van der Waals surface area contributed by atoms with Crippen molar-refractivity contribution in [1.29, 1.82) is 0 Å². The summed E-state index contributed by atoms with van der Waals surface area (Å²) < 4.78 is 33.9. The molecule has 0 spiro atoms. The number of piperidine rings is 1. The number of nitrogens with zero attached hydrogens (tertiary/aromatic N) is 2. The van der Waals surface area contributed by atoms with Gasteiger partial charge in [-0.3, -0.25) is 4.57 Å². The second-order valence-corrected chi connectivity index (χ2v) is 7.95. The zero-order valence-corrected chi connectivity index (χ0v) is 14.1. The molecule has 1 fully saturated rings. The van der Waals surface area contributed by atoms with Crippen molar-refractivity contribution >= 4 is 21.1 Å². The fraction of sp³-hybridized carbons (Fsp3) is 0.533. The lowest BCUT2D eigenvalue weighted by atomic mass is 9.99. The molecule has 7 nitrogen and oxygen atoms in total. The Labute approximate surface area is 134 Å². The van der Waals surface area contributed by atoms with E-state index in [1.165, 1.54) is 16.7 Å². The molecule has 2 aromatic rings. The maximum atomic E-state index is 12.4. The maximum absolute atomic E-state index is 12.4. The number of hydrogen-bond acceptors (Lipinski definition) is 5. The highest BCUT2D eigenvalue weighted by atomic mass is 32.2. The summed E-state index contributed by atoms with van der Waals surface area (Å²) in [4.78, 5) is 13.8. The number of likely N-dealkylation sites (tertiary alicyclic amines) is 1. The summed E-state index contributed by atoms with van der Waals surface area (Å²) in [6.45, 7) is 2.38. The predicted octanol–water partition coefficient (Wildman–Crippen LogP) is 0.752. The molecule has 0 radical (unpaired) electrons. The van der Waals surface area contributed by atoms with Gasteiger partial charge < -0.3 is 9.32 Å². The number of sulfonamides is 1. The van der Waals surface area contributed by atoms with Crippen LogP contribution in [-0.2, 0) is 17.1 Å². The van der Waals surface area contributed by atoms with Crippen LogP contribution in [-0.4, -0.2) is 44.6 Å². The van der Waals surface area contributed by atoms with Crippen LogP contribution in [0.15, 0.2) is 32.3 Å². The Balaban J connectivity index is 1.78. The Morgan fingerprint density at radius 2 is 2.13 bits per heavy atom. The molecule has 0 saturated carbocycles. The van der Waals surface area contributed by atoms with Gasteiger partial charge in [-0.1, -0.05) is 0 Å². The summed E-state index contributed by atoms with van der Waals surface area (Å²) in [6.07, 6.45) is 2.11. The molecule has 1 aromatic heterocycles. The zero-order valence-electron chi connectivity index (χ0n) is 13.3. The lowest BCUT2D eigenvalue weighted by molar-refractivity contribution is 0.211. The standard InChI is InChI=1S/C15H21N3O4S/c1-17-7-3-4-11(10-17)9-16-23(20,21)12-5-6-13-14(8-12)22-15(19)18(13)2/h5-6,8,11,16H,3-4,7,9-10H2,1-2H3. The number of rotatable bonds is 4. The zero-order chi connectivity index (χ0) is 16.6. The monoisotopic (exact) mass is 339 g/mol. The summed E-state index contributed by atoms with van der Waals surface area (Å²) in [5.41, 5.74) is 0.848. The molecular weight excluding hydrogens is 318 g/mol. The minimum absolute atomic E-state index is 0.114. The Morgan fingerprint density at radius 3 is 2.87 bits per heavy atom. The first kappa shape index (κ1) is 16.2. The van der Waals surface area contributed by atoms with Gasteiger partial charge in [0, 0.05) is 26.2 Å². The number of fused-ring (bicyclic) bond motifs is 1. The van der Waals surface area contributed by atoms with Gasteiger partial charge in [0.2, 0.25) is 10.0 Å². The summed E-state index contributed by atoms with van der Waals surface area (Å²) in [5.74, 6) is -0.185. The fourth-order valence-electron chi connectivity index (χ4n) is 3.03. The van der Waals surface area contributed by atoms with E-state index in [9.17, 15) is 13.2 Å². The minimum Gasteiger partial charge on any atom is -0.408 e. The second-order valence-electron chi connectivity index (χ2n) is 6.18. The molecule has 1 N–H and O–H groups in total. The smallest absolute Gasteiger partial charge is 0.408 e. The van der Waals surface area contributed by atoms with Crippen LogP contribution in [0.3, 0.4) is 0 Å². The number of oxazole rings is 1. The molecule has 1 unspecified atom stereocenters. The van der Waals surface area contributed by atoms with Gasteiger partial charge in [-0.25, -0.2) is 17.9 Å². The molecule has 0 aliphatic carbocycles. The van der Waals surface area contributed by atoms with Crippen molar-refractivity contribution in [3.05, 3.63) is 28.7 Å². The Morgan fingerprint density at radius 1 is 1.35 bits per heavy atom. The highest BCUT2D eigenvalue weighted by molar-refractivity contribution is 7.89. The number of hydrogen-bond donors (Lipinski definition) is 1. The van der Waals surface area contributed by atoms with E-state index >= 15 is 0 Å². The van der Waals surface area contributed by atoms with Crippen molar-refractivity contribution in [3.8, 4) is 0 Å². The van der Waals surface area contributed by atoms with Gasteiger partial charge in [-0.15, -0.1) is 0 Å². The maximum Gasteiger partial charge on any atom is 0.419 e. The molecule has 1 saturated heterocycles. The molecule has 0 bridgehead atoms. The second kappa shape index (κ2) is 6.10. The summed E-state index contributed by atoms with van der Waals surface area (Å²) in [5, 5.41) is 0. The average molecular weight is 339 g/mol. The normalized spacial score (nSPS) is 20.2. The third-order valence-electron chi connectivity index (χ3n) is 4.36. The molecule has 2 heterocycles. The first-order valence-electron chi connectivity index (χ1n) is 7.64. The predicted molar refractivity (Wildman–Crippen MR) is 86.9 cm³/mol. The minimum atomic E-state index is -3.61. The highest BCUT2D eigenvalue weighted by Crippen LogP contribution is 2.19. The van der Waals surface area contributed by atoms with Crippen LogP contribution in [0, 0.1) is 5.92 Å². The third-order valence-corrected chi connectivity index (χ3v) is 5.78. The molecule has 1 aromatic carbocycles. The lowest BCUT2D eigenvalue weighted by Gasteiger charge is -2.29. The number of aromatic nitrogens is 1. The molecule has 8 heteroatoms. The number of benzene rings is 1. The van der Waals surface area contributed by atoms with Gasteiger partial charge in [0.05, 0.1) is 10.4 Å². The fourth-order valence-corrected chi connectivity index (χ4v) is 4.16. The van der Waals surface area contributed by atoms with E-state index in [0.29, 0.717) is 18.0 Å². The van der Waals surface area contributed by atoms with Crippen LogP contribution in [0.4, 0.5) is 0 Å². The van der Waals surface area contributed by atoms with Crippen molar-refractivity contribution in [2.24, 2.45) is 13.0 Å². The van der Waals surface area contributed by atoms with Crippen LogP contribution in [0.2, 0.25) is 0 Å². The van der Waals surface area contributed by atoms with E-state index in [2.05, 4.69) is 9.62 Å². The van der Waals surface area contributed by atoms with Crippen LogP contribution in [0.1, 0.15) is 12.8 Å². The van der Waals surface area contributed by atoms with Gasteiger partial charge in [0.1, 0.15) is 0 Å². The Bertz CT molecular complexity index is 868. The first-order valence-corrected chi connectivity index (χ1v) is 9.13. The molecule has 1 aliphatic rings. The molecule has 0 amide bonds. The number of aryl methyl sites for hydroxylation is 1. The summed E-state index contributed by atoms with van der Waals surface area (Å²) in [6, 6.07) is 4.47. The molecule has 126 valence electrons. The van der Waals surface area contributed by atoms with E-state index in [0.717, 1.165) is 25.9 Å². The Hall–Kier alpha value is -1.64. The molecule has 1 atom stereocenters. The van der Waals surface area contributed by atoms with Crippen molar-refractivity contribution in [1.82, 2.24) is 14.2 Å². The van der Waals surface area contributed by atoms with Crippen molar-refractivity contribution in [3.63, 3.8) is 0 Å². The molecule has 23 heavy (non-hydrogen) atoms. The topological polar surface area (TPSA) is 84.6 Å². The first-order chi connectivity index (χ1) is 10.9. The van der Waals surface area contributed by atoms with E-state index in [1.54, 1.807) is 13.1 Å². The highest BCUT2D eigenvalue weighted by Gasteiger charge is 2.21. The average Bonchev–Trinajstić information content (AvgIpc) is 2.80. The number of nitrogens with one attached hydrogen (secondary N) is 1. The van der Waals surface area contributed by atoms with E-state index in [4.69, 9.17) is 4.42 Å². The molecule has 1 aliphatic heterocycles. The van der Waals surface area contributed by atoms with Crippen molar-refractivity contribution < 1.29 is 12.8 Å². The molecule has 3 rings (SSSR count). The van der Waals surface area contributed by atoms with Gasteiger partial charge in [0.15, 0.2) is 5.58 Å².